The molecule has 1 saturated heterocycles. The highest BCUT2D eigenvalue weighted by Crippen LogP contribution is 2.26. The van der Waals surface area contributed by atoms with E-state index in [0.717, 1.165) is 0 Å². The number of carbonyl (C=O) groups excluding carboxylic acids is 2. The third-order valence-electron chi connectivity index (χ3n) is 3.12. The number of amides is 2. The molecule has 0 aliphatic carbocycles. The van der Waals surface area contributed by atoms with Crippen LogP contribution in [0, 0.1) is 0 Å². The van der Waals surface area contributed by atoms with E-state index in [9.17, 15) is 18.8 Å². The van der Waals surface area contributed by atoms with Gasteiger partial charge in [-0.25, -0.2) is 9.18 Å². The summed E-state index contributed by atoms with van der Waals surface area (Å²) >= 11 is 0. The van der Waals surface area contributed by atoms with Crippen LogP contribution in [0.3, 0.4) is 0 Å². The first-order valence-corrected chi connectivity index (χ1v) is 6.36. The number of halogens is 1. The van der Waals surface area contributed by atoms with Gasteiger partial charge in [0.15, 0.2) is 0 Å². The van der Waals surface area contributed by atoms with Gasteiger partial charge in [-0.1, -0.05) is 0 Å². The number of rotatable bonds is 6. The normalized spacial score (nSPS) is 22.3. The molecule has 1 aliphatic heterocycles. The molecule has 0 aromatic heterocycles. The molecule has 0 spiro atoms. The molecule has 7 heteroatoms. The molecule has 1 fully saturated rings. The summed E-state index contributed by atoms with van der Waals surface area (Å²) < 4.78 is 13.7. The van der Waals surface area contributed by atoms with Crippen molar-refractivity contribution in [3.05, 3.63) is 0 Å². The van der Waals surface area contributed by atoms with E-state index in [1.165, 1.54) is 4.90 Å². The predicted octanol–water partition coefficient (Wildman–Crippen LogP) is 0.318. The summed E-state index contributed by atoms with van der Waals surface area (Å²) in [4.78, 5) is 34.8. The van der Waals surface area contributed by atoms with Gasteiger partial charge in [-0.05, 0) is 13.3 Å². The van der Waals surface area contributed by atoms with Crippen molar-refractivity contribution in [1.29, 1.82) is 0 Å². The van der Waals surface area contributed by atoms with Crippen molar-refractivity contribution >= 4 is 17.8 Å². The standard InChI is InChI=1S/C12H19FN2O4/c1-2-14-9(16)4-3-5-10(17)15-7-6-12(13,8-15)11(18)19/h2-8H2,1H3,(H,14,16)(H,18,19). The molecule has 108 valence electrons. The highest BCUT2D eigenvalue weighted by molar-refractivity contribution is 5.82. The summed E-state index contributed by atoms with van der Waals surface area (Å²) in [5, 5.41) is 11.3. The van der Waals surface area contributed by atoms with Gasteiger partial charge in [0.1, 0.15) is 0 Å². The first-order valence-electron chi connectivity index (χ1n) is 6.36. The number of nitrogens with zero attached hydrogens (tertiary/aromatic N) is 1. The topological polar surface area (TPSA) is 86.7 Å². The van der Waals surface area contributed by atoms with Crippen LogP contribution in [0.4, 0.5) is 4.39 Å². The smallest absolute Gasteiger partial charge is 0.343 e. The molecule has 1 rings (SSSR count). The van der Waals surface area contributed by atoms with E-state index in [-0.39, 0.29) is 37.6 Å². The Kier molecular flexibility index (Phi) is 5.26. The lowest BCUT2D eigenvalue weighted by atomic mass is 10.1. The van der Waals surface area contributed by atoms with Crippen molar-refractivity contribution in [1.82, 2.24) is 10.2 Å². The van der Waals surface area contributed by atoms with Crippen LogP contribution in [0.15, 0.2) is 0 Å². The van der Waals surface area contributed by atoms with Crippen molar-refractivity contribution in [3.63, 3.8) is 0 Å². The lowest BCUT2D eigenvalue weighted by Gasteiger charge is -2.17. The Balaban J connectivity index is 2.32. The van der Waals surface area contributed by atoms with Gasteiger partial charge in [0.05, 0.1) is 6.54 Å². The van der Waals surface area contributed by atoms with Crippen LogP contribution < -0.4 is 5.32 Å². The molecule has 2 amide bonds. The zero-order valence-corrected chi connectivity index (χ0v) is 10.9. The number of carboxylic acids is 1. The van der Waals surface area contributed by atoms with E-state index in [1.54, 1.807) is 6.92 Å². The number of alkyl halides is 1. The van der Waals surface area contributed by atoms with E-state index in [1.807, 2.05) is 0 Å². The van der Waals surface area contributed by atoms with Gasteiger partial charge in [-0.15, -0.1) is 0 Å². The van der Waals surface area contributed by atoms with Crippen LogP contribution in [-0.4, -0.2) is 53.1 Å². The van der Waals surface area contributed by atoms with Crippen LogP contribution >= 0.6 is 0 Å². The molecular formula is C12H19FN2O4. The molecule has 0 bridgehead atoms. The molecule has 1 atom stereocenters. The third kappa shape index (κ3) is 4.18. The molecule has 0 aromatic rings. The first kappa shape index (κ1) is 15.4. The second-order valence-electron chi connectivity index (χ2n) is 4.64. The second-order valence-corrected chi connectivity index (χ2v) is 4.64. The van der Waals surface area contributed by atoms with Gasteiger partial charge in [0.2, 0.25) is 17.5 Å². The number of likely N-dealkylation sites (tertiary alicyclic amines) is 1. The van der Waals surface area contributed by atoms with E-state index in [0.29, 0.717) is 13.0 Å². The van der Waals surface area contributed by atoms with Crippen LogP contribution in [-0.2, 0) is 14.4 Å². The summed E-state index contributed by atoms with van der Waals surface area (Å²) in [5.41, 5.74) is -2.32. The number of hydrogen-bond acceptors (Lipinski definition) is 3. The van der Waals surface area contributed by atoms with Gasteiger partial charge in [-0.2, -0.15) is 0 Å². The van der Waals surface area contributed by atoms with E-state index >= 15 is 0 Å². The average Bonchev–Trinajstić information content (AvgIpc) is 2.74. The Morgan fingerprint density at radius 1 is 1.37 bits per heavy atom. The zero-order chi connectivity index (χ0) is 14.5. The van der Waals surface area contributed by atoms with Gasteiger partial charge in [0, 0.05) is 32.4 Å². The molecule has 6 nitrogen and oxygen atoms in total. The highest BCUT2D eigenvalue weighted by atomic mass is 19.1. The number of carboxylic acid groups (broad SMARTS) is 1. The largest absolute Gasteiger partial charge is 0.479 e. The Morgan fingerprint density at radius 3 is 2.58 bits per heavy atom. The zero-order valence-electron chi connectivity index (χ0n) is 10.9. The fraction of sp³-hybridized carbons (Fsp3) is 0.750. The lowest BCUT2D eigenvalue weighted by Crippen LogP contribution is -2.38. The molecule has 0 saturated carbocycles. The lowest BCUT2D eigenvalue weighted by molar-refractivity contribution is -0.150. The van der Waals surface area contributed by atoms with Crippen LogP contribution in [0.1, 0.15) is 32.6 Å². The summed E-state index contributed by atoms with van der Waals surface area (Å²) in [6.45, 7) is 2.06. The fourth-order valence-corrected chi connectivity index (χ4v) is 2.00. The maximum Gasteiger partial charge on any atom is 0.343 e. The van der Waals surface area contributed by atoms with Crippen molar-refractivity contribution in [2.24, 2.45) is 0 Å². The number of nitrogens with one attached hydrogen (secondary N) is 1. The molecule has 0 radical (unpaired) electrons. The SMILES string of the molecule is CCNC(=O)CCCC(=O)N1CCC(F)(C(=O)O)C1. The summed E-state index contributed by atoms with van der Waals surface area (Å²) in [6.07, 6.45) is 0.581. The van der Waals surface area contributed by atoms with Gasteiger partial charge < -0.3 is 15.3 Å². The predicted molar refractivity (Wildman–Crippen MR) is 65.2 cm³/mol. The Labute approximate surface area is 111 Å². The quantitative estimate of drug-likeness (QED) is 0.730. The van der Waals surface area contributed by atoms with E-state index < -0.39 is 18.2 Å². The first-order chi connectivity index (χ1) is 8.89. The Hall–Kier alpha value is -1.66. The average molecular weight is 274 g/mol. The highest BCUT2D eigenvalue weighted by Gasteiger charge is 2.46. The van der Waals surface area contributed by atoms with Crippen molar-refractivity contribution in [2.75, 3.05) is 19.6 Å². The van der Waals surface area contributed by atoms with Gasteiger partial charge in [-0.3, -0.25) is 9.59 Å². The van der Waals surface area contributed by atoms with E-state index in [4.69, 9.17) is 5.11 Å². The fourth-order valence-electron chi connectivity index (χ4n) is 2.00. The summed E-state index contributed by atoms with van der Waals surface area (Å²) in [6, 6.07) is 0. The second kappa shape index (κ2) is 6.49. The van der Waals surface area contributed by atoms with Crippen LogP contribution in [0.25, 0.3) is 0 Å². The van der Waals surface area contributed by atoms with Gasteiger partial charge >= 0.3 is 5.97 Å². The van der Waals surface area contributed by atoms with Gasteiger partial charge in [0.25, 0.3) is 0 Å². The summed E-state index contributed by atoms with van der Waals surface area (Å²) in [5.74, 6) is -1.95. The van der Waals surface area contributed by atoms with Crippen LogP contribution in [0.2, 0.25) is 0 Å². The molecule has 1 unspecified atom stereocenters. The number of aliphatic carboxylic acids is 1. The molecule has 0 aromatic carbocycles. The van der Waals surface area contributed by atoms with Crippen molar-refractivity contribution in [2.45, 2.75) is 38.3 Å². The molecule has 1 heterocycles. The molecule has 2 N–H and O–H groups in total. The minimum atomic E-state index is -2.32. The maximum absolute atomic E-state index is 13.7. The number of hydrogen-bond donors (Lipinski definition) is 2. The third-order valence-corrected chi connectivity index (χ3v) is 3.12. The van der Waals surface area contributed by atoms with E-state index in [2.05, 4.69) is 5.32 Å². The minimum Gasteiger partial charge on any atom is -0.479 e. The number of carbonyl (C=O) groups is 3. The Bertz CT molecular complexity index is 375. The Morgan fingerprint density at radius 2 is 2.05 bits per heavy atom. The summed E-state index contributed by atoms with van der Waals surface area (Å²) in [7, 11) is 0. The minimum absolute atomic E-state index is 0.114. The van der Waals surface area contributed by atoms with Crippen molar-refractivity contribution < 1.29 is 23.9 Å². The molecular weight excluding hydrogens is 255 g/mol. The molecule has 1 aliphatic rings. The van der Waals surface area contributed by atoms with Crippen molar-refractivity contribution in [3.8, 4) is 0 Å². The maximum atomic E-state index is 13.7. The van der Waals surface area contributed by atoms with Crippen LogP contribution in [0.5, 0.6) is 0 Å². The monoisotopic (exact) mass is 274 g/mol. The molecule has 19 heavy (non-hydrogen) atoms.